The van der Waals surface area contributed by atoms with Crippen molar-refractivity contribution in [1.82, 2.24) is 28.7 Å². The summed E-state index contributed by atoms with van der Waals surface area (Å²) in [5, 5.41) is 4.15. The predicted molar refractivity (Wildman–Crippen MR) is 173 cm³/mol. The Hall–Kier alpha value is -3.69. The van der Waals surface area contributed by atoms with Crippen molar-refractivity contribution < 1.29 is 0 Å². The van der Waals surface area contributed by atoms with Gasteiger partial charge >= 0.3 is 0 Å². The molecule has 4 aromatic rings. The Labute approximate surface area is 252 Å². The fraction of sp³-hybridized carbons (Fsp3) is 0.394. The number of nitrogens with zero attached hydrogens (tertiary/aromatic N) is 6. The van der Waals surface area contributed by atoms with Gasteiger partial charge in [-0.15, -0.1) is 0 Å². The molecular weight excluding hydrogens is 542 g/mol. The number of fused-ring (bicyclic) bond motifs is 1. The first-order chi connectivity index (χ1) is 20.5. The van der Waals surface area contributed by atoms with Gasteiger partial charge in [0.1, 0.15) is 5.65 Å². The molecule has 0 bridgehead atoms. The van der Waals surface area contributed by atoms with Crippen LogP contribution in [0.4, 0.5) is 11.6 Å². The molecule has 6 rings (SSSR count). The zero-order valence-electron chi connectivity index (χ0n) is 24.7. The fourth-order valence-electron chi connectivity index (χ4n) is 6.06. The van der Waals surface area contributed by atoms with Gasteiger partial charge in [-0.1, -0.05) is 49.1 Å². The van der Waals surface area contributed by atoms with Crippen LogP contribution in [0.25, 0.3) is 22.3 Å². The van der Waals surface area contributed by atoms with Crippen molar-refractivity contribution >= 4 is 34.6 Å². The van der Waals surface area contributed by atoms with Crippen LogP contribution >= 0.6 is 11.9 Å². The summed E-state index contributed by atoms with van der Waals surface area (Å²) in [6, 6.07) is 14.5. The molecule has 1 aromatic carbocycles. The summed E-state index contributed by atoms with van der Waals surface area (Å²) < 4.78 is 3.88. The zero-order valence-corrected chi connectivity index (χ0v) is 25.5. The van der Waals surface area contributed by atoms with Gasteiger partial charge in [-0.3, -0.25) is 18.7 Å². The van der Waals surface area contributed by atoms with Crippen molar-refractivity contribution in [3.63, 3.8) is 0 Å². The van der Waals surface area contributed by atoms with Crippen molar-refractivity contribution in [1.29, 1.82) is 0 Å². The number of anilines is 2. The molecule has 1 aliphatic carbocycles. The number of hydrogen-bond donors (Lipinski definition) is 1. The molecule has 1 saturated carbocycles. The molecule has 3 aromatic heterocycles. The third kappa shape index (κ3) is 6.37. The zero-order chi connectivity index (χ0) is 29.1. The number of pyridine rings is 2. The molecule has 1 aliphatic heterocycles. The minimum absolute atomic E-state index is 0.0845. The van der Waals surface area contributed by atoms with Gasteiger partial charge in [0.2, 0.25) is 5.95 Å². The number of rotatable bonds is 10. The van der Waals surface area contributed by atoms with Crippen LogP contribution in [-0.4, -0.2) is 62.2 Å². The van der Waals surface area contributed by atoms with Gasteiger partial charge in [-0.25, -0.2) is 4.98 Å². The summed E-state index contributed by atoms with van der Waals surface area (Å²) in [6.07, 6.45) is 16.2. The summed E-state index contributed by atoms with van der Waals surface area (Å²) in [6.45, 7) is 2.27. The number of benzene rings is 1. The Balaban J connectivity index is 1.27. The highest BCUT2D eigenvalue weighted by atomic mass is 32.2. The number of likely N-dealkylation sites (N-methyl/N-ethyl adjacent to an activating group) is 1. The lowest BCUT2D eigenvalue weighted by atomic mass is 9.99. The Morgan fingerprint density at radius 3 is 2.57 bits per heavy atom. The van der Waals surface area contributed by atoms with E-state index in [1.54, 1.807) is 22.7 Å². The topological polar surface area (TPSA) is 79.2 Å². The van der Waals surface area contributed by atoms with Crippen molar-refractivity contribution in [3.8, 4) is 11.3 Å². The molecule has 2 aliphatic rings. The van der Waals surface area contributed by atoms with E-state index in [1.165, 1.54) is 36.8 Å². The van der Waals surface area contributed by atoms with Gasteiger partial charge in [-0.05, 0) is 80.1 Å². The number of nitrogens with one attached hydrogen (secondary N) is 1. The molecule has 4 heterocycles. The molecule has 9 heteroatoms. The minimum Gasteiger partial charge on any atom is -0.380 e. The van der Waals surface area contributed by atoms with Crippen LogP contribution in [0.15, 0.2) is 71.9 Å². The molecule has 1 fully saturated rings. The second-order valence-corrected chi connectivity index (χ2v) is 12.5. The molecule has 1 N–H and O–H groups in total. The number of aromatic nitrogens is 4. The molecule has 42 heavy (non-hydrogen) atoms. The third-order valence-corrected chi connectivity index (χ3v) is 9.32. The molecule has 1 unspecified atom stereocenters. The van der Waals surface area contributed by atoms with E-state index in [4.69, 9.17) is 9.97 Å². The molecule has 0 spiro atoms. The Kier molecular flexibility index (Phi) is 8.58. The smallest absolute Gasteiger partial charge is 0.261 e. The first kappa shape index (κ1) is 28.4. The predicted octanol–water partition coefficient (Wildman–Crippen LogP) is 6.08. The largest absolute Gasteiger partial charge is 0.380 e. The molecular formula is C33H39N7OS. The summed E-state index contributed by atoms with van der Waals surface area (Å²) in [5.41, 5.74) is 5.29. The lowest BCUT2D eigenvalue weighted by Crippen LogP contribution is -2.28. The summed E-state index contributed by atoms with van der Waals surface area (Å²) in [4.78, 5) is 30.3. The van der Waals surface area contributed by atoms with E-state index < -0.39 is 0 Å². The normalized spacial score (nSPS) is 17.1. The van der Waals surface area contributed by atoms with Crippen LogP contribution in [0.3, 0.4) is 0 Å². The molecule has 8 nitrogen and oxygen atoms in total. The van der Waals surface area contributed by atoms with E-state index in [0.717, 1.165) is 24.0 Å². The lowest BCUT2D eigenvalue weighted by molar-refractivity contribution is 0.435. The van der Waals surface area contributed by atoms with E-state index in [-0.39, 0.29) is 5.56 Å². The highest BCUT2D eigenvalue weighted by Gasteiger charge is 2.19. The van der Waals surface area contributed by atoms with Crippen LogP contribution < -0.4 is 10.9 Å². The van der Waals surface area contributed by atoms with Crippen molar-refractivity contribution in [2.24, 2.45) is 5.92 Å². The van der Waals surface area contributed by atoms with E-state index in [0.29, 0.717) is 47.8 Å². The van der Waals surface area contributed by atoms with Crippen molar-refractivity contribution in [2.75, 3.05) is 38.8 Å². The average molecular weight is 582 g/mol. The fourth-order valence-corrected chi connectivity index (χ4v) is 6.32. The van der Waals surface area contributed by atoms with Crippen molar-refractivity contribution in [2.45, 2.75) is 44.6 Å². The van der Waals surface area contributed by atoms with Gasteiger partial charge in [0, 0.05) is 56.1 Å². The molecule has 0 amide bonds. The highest BCUT2D eigenvalue weighted by Crippen LogP contribution is 2.34. The van der Waals surface area contributed by atoms with Crippen molar-refractivity contribution in [3.05, 3.63) is 88.6 Å². The quantitative estimate of drug-likeness (QED) is 0.226. The van der Waals surface area contributed by atoms with Gasteiger partial charge in [0.05, 0.1) is 11.3 Å². The molecule has 218 valence electrons. The molecule has 1 atom stereocenters. The van der Waals surface area contributed by atoms with Crippen LogP contribution in [0, 0.1) is 5.92 Å². The maximum Gasteiger partial charge on any atom is 0.261 e. The second-order valence-electron chi connectivity index (χ2n) is 11.5. The maximum absolute atomic E-state index is 13.9. The SMILES string of the molecule is CSN(C)CCn1c(=O)c(-c2ccc(C3CCCC3)cn2)cc2cnc(Nc3ccc(CC4C=CN(C)C4)cc3)nc21. The molecule has 0 radical (unpaired) electrons. The summed E-state index contributed by atoms with van der Waals surface area (Å²) in [5.74, 6) is 1.60. The van der Waals surface area contributed by atoms with Crippen LogP contribution in [0.1, 0.15) is 42.7 Å². The van der Waals surface area contributed by atoms with Crippen LogP contribution in [0.2, 0.25) is 0 Å². The summed E-state index contributed by atoms with van der Waals surface area (Å²) >= 11 is 1.64. The van der Waals surface area contributed by atoms with Crippen LogP contribution in [-0.2, 0) is 13.0 Å². The third-order valence-electron chi connectivity index (χ3n) is 8.51. The monoisotopic (exact) mass is 581 g/mol. The van der Waals surface area contributed by atoms with Gasteiger partial charge < -0.3 is 10.2 Å². The second kappa shape index (κ2) is 12.7. The van der Waals surface area contributed by atoms with E-state index in [1.807, 2.05) is 31.6 Å². The Morgan fingerprint density at radius 2 is 1.88 bits per heavy atom. The lowest BCUT2D eigenvalue weighted by Gasteiger charge is -2.17. The molecule has 0 saturated heterocycles. The Bertz CT molecular complexity index is 1610. The standard InChI is InChI=1S/C33H39N7OS/c1-38-15-14-24(22-38)18-23-8-11-28(12-9-23)36-33-35-21-27-19-29(30-13-10-26(20-34-30)25-6-4-5-7-25)32(41)40(31(27)37-33)17-16-39(2)42-3/h8-15,19-21,24-25H,4-7,16-18,22H2,1-3H3,(H,35,36,37). The van der Waals surface area contributed by atoms with E-state index >= 15 is 0 Å². The maximum atomic E-state index is 13.9. The van der Waals surface area contributed by atoms with Crippen LogP contribution in [0.5, 0.6) is 0 Å². The first-order valence-electron chi connectivity index (χ1n) is 14.8. The van der Waals surface area contributed by atoms with Gasteiger partial charge in [-0.2, -0.15) is 4.98 Å². The van der Waals surface area contributed by atoms with E-state index in [2.05, 4.69) is 69.2 Å². The number of hydrogen-bond acceptors (Lipinski definition) is 8. The van der Waals surface area contributed by atoms with Gasteiger partial charge in [0.15, 0.2) is 0 Å². The van der Waals surface area contributed by atoms with Gasteiger partial charge in [0.25, 0.3) is 5.56 Å². The van der Waals surface area contributed by atoms with E-state index in [9.17, 15) is 4.79 Å². The average Bonchev–Trinajstić information content (AvgIpc) is 3.70. The Morgan fingerprint density at radius 1 is 1.07 bits per heavy atom. The highest BCUT2D eigenvalue weighted by molar-refractivity contribution is 7.96. The minimum atomic E-state index is -0.0845. The summed E-state index contributed by atoms with van der Waals surface area (Å²) in [7, 11) is 4.14. The first-order valence-corrected chi connectivity index (χ1v) is 16.0.